The average molecular weight is 266 g/mol. The number of hydrogen-bond donors (Lipinski definition) is 1. The summed E-state index contributed by atoms with van der Waals surface area (Å²) >= 11 is 0. The first-order valence-electron chi connectivity index (χ1n) is 6.47. The first-order chi connectivity index (χ1) is 9.09. The maximum atomic E-state index is 13.2. The lowest BCUT2D eigenvalue weighted by atomic mass is 9.77. The van der Waals surface area contributed by atoms with Gasteiger partial charge in [-0.3, -0.25) is 9.78 Å². The second-order valence-electron chi connectivity index (χ2n) is 5.31. The fourth-order valence-corrected chi connectivity index (χ4v) is 2.50. The molecule has 0 bridgehead atoms. The van der Waals surface area contributed by atoms with Gasteiger partial charge in [0.05, 0.1) is 18.7 Å². The molecule has 4 nitrogen and oxygen atoms in total. The maximum Gasteiger partial charge on any atom is 0.313 e. The Labute approximate surface area is 112 Å². The van der Waals surface area contributed by atoms with Gasteiger partial charge >= 0.3 is 5.97 Å². The summed E-state index contributed by atoms with van der Waals surface area (Å²) in [6.07, 6.45) is 6.04. The zero-order chi connectivity index (χ0) is 13.9. The Morgan fingerprint density at radius 2 is 2.32 bits per heavy atom. The standard InChI is InChI=1S/C14H19FN2O2/c1-19-13(18)14(9-16,5-10-2-3-10)6-11-4-12(15)8-17-7-11/h4,7-8,10H,2-3,5-6,9,16H2,1H3. The minimum Gasteiger partial charge on any atom is -0.469 e. The Bertz CT molecular complexity index is 463. The van der Waals surface area contributed by atoms with Gasteiger partial charge in [-0.05, 0) is 30.4 Å². The zero-order valence-electron chi connectivity index (χ0n) is 11.1. The van der Waals surface area contributed by atoms with Gasteiger partial charge in [-0.25, -0.2) is 4.39 Å². The van der Waals surface area contributed by atoms with E-state index in [-0.39, 0.29) is 12.5 Å². The number of ether oxygens (including phenoxy) is 1. The SMILES string of the molecule is COC(=O)C(CN)(Cc1cncc(F)c1)CC1CC1. The molecule has 1 aromatic rings. The first-order valence-corrected chi connectivity index (χ1v) is 6.47. The van der Waals surface area contributed by atoms with E-state index in [1.165, 1.54) is 13.2 Å². The summed E-state index contributed by atoms with van der Waals surface area (Å²) in [5, 5.41) is 0. The number of methoxy groups -OCH3 is 1. The summed E-state index contributed by atoms with van der Waals surface area (Å²) < 4.78 is 18.1. The van der Waals surface area contributed by atoms with Crippen molar-refractivity contribution in [3.05, 3.63) is 29.8 Å². The van der Waals surface area contributed by atoms with E-state index in [0.717, 1.165) is 19.0 Å². The van der Waals surface area contributed by atoms with Crippen LogP contribution in [-0.4, -0.2) is 24.6 Å². The summed E-state index contributed by atoms with van der Waals surface area (Å²) in [4.78, 5) is 15.9. The number of carbonyl (C=O) groups excluding carboxylic acids is 1. The molecule has 0 saturated heterocycles. The Kier molecular flexibility index (Phi) is 4.14. The normalized spacial score (nSPS) is 17.8. The lowest BCUT2D eigenvalue weighted by molar-refractivity contribution is -0.153. The number of esters is 1. The molecule has 0 spiro atoms. The van der Waals surface area contributed by atoms with Crippen LogP contribution in [0, 0.1) is 17.2 Å². The summed E-state index contributed by atoms with van der Waals surface area (Å²) in [5.74, 6) is -0.185. The van der Waals surface area contributed by atoms with E-state index >= 15 is 0 Å². The van der Waals surface area contributed by atoms with Crippen molar-refractivity contribution in [2.75, 3.05) is 13.7 Å². The van der Waals surface area contributed by atoms with Crippen LogP contribution < -0.4 is 5.73 Å². The zero-order valence-corrected chi connectivity index (χ0v) is 11.1. The molecule has 1 fully saturated rings. The number of pyridine rings is 1. The summed E-state index contributed by atoms with van der Waals surface area (Å²) in [6, 6.07) is 1.40. The van der Waals surface area contributed by atoms with E-state index < -0.39 is 11.2 Å². The lowest BCUT2D eigenvalue weighted by Crippen LogP contribution is -2.42. The molecule has 0 aromatic carbocycles. The van der Waals surface area contributed by atoms with Gasteiger partial charge in [-0.1, -0.05) is 12.8 Å². The third kappa shape index (κ3) is 3.29. The van der Waals surface area contributed by atoms with E-state index in [1.54, 1.807) is 6.20 Å². The van der Waals surface area contributed by atoms with Crippen LogP contribution >= 0.6 is 0 Å². The molecule has 1 saturated carbocycles. The minimum absolute atomic E-state index is 0.201. The Balaban J connectivity index is 2.22. The second kappa shape index (κ2) is 5.65. The minimum atomic E-state index is -0.759. The van der Waals surface area contributed by atoms with Gasteiger partial charge in [-0.2, -0.15) is 0 Å². The average Bonchev–Trinajstić information content (AvgIpc) is 3.21. The molecular weight excluding hydrogens is 247 g/mol. The maximum absolute atomic E-state index is 13.2. The van der Waals surface area contributed by atoms with Crippen LogP contribution in [0.3, 0.4) is 0 Å². The van der Waals surface area contributed by atoms with Crippen molar-refractivity contribution < 1.29 is 13.9 Å². The number of carbonyl (C=O) groups is 1. The van der Waals surface area contributed by atoms with E-state index in [0.29, 0.717) is 24.3 Å². The van der Waals surface area contributed by atoms with Crippen LogP contribution in [-0.2, 0) is 16.0 Å². The fraction of sp³-hybridized carbons (Fsp3) is 0.571. The molecule has 1 unspecified atom stereocenters. The Morgan fingerprint density at radius 3 is 2.84 bits per heavy atom. The van der Waals surface area contributed by atoms with Gasteiger partial charge in [0.1, 0.15) is 5.82 Å². The molecule has 0 amide bonds. The molecule has 1 aliphatic carbocycles. The third-order valence-electron chi connectivity index (χ3n) is 3.69. The smallest absolute Gasteiger partial charge is 0.313 e. The molecule has 1 atom stereocenters. The molecule has 0 radical (unpaired) electrons. The number of hydrogen-bond acceptors (Lipinski definition) is 4. The molecule has 1 aliphatic rings. The van der Waals surface area contributed by atoms with Gasteiger partial charge < -0.3 is 10.5 Å². The number of aromatic nitrogens is 1. The van der Waals surface area contributed by atoms with E-state index in [1.807, 2.05) is 0 Å². The predicted octanol–water partition coefficient (Wildman–Crippen LogP) is 1.68. The number of rotatable bonds is 6. The topological polar surface area (TPSA) is 65.2 Å². The highest BCUT2D eigenvalue weighted by Gasteiger charge is 2.43. The van der Waals surface area contributed by atoms with Crippen molar-refractivity contribution in [3.8, 4) is 0 Å². The molecule has 2 N–H and O–H groups in total. The van der Waals surface area contributed by atoms with Gasteiger partial charge in [0.25, 0.3) is 0 Å². The van der Waals surface area contributed by atoms with Crippen molar-refractivity contribution in [3.63, 3.8) is 0 Å². The summed E-state index contributed by atoms with van der Waals surface area (Å²) in [6.45, 7) is 0.201. The quantitative estimate of drug-likeness (QED) is 0.796. The van der Waals surface area contributed by atoms with Crippen molar-refractivity contribution in [2.24, 2.45) is 17.1 Å². The lowest BCUT2D eigenvalue weighted by Gasteiger charge is -2.29. The highest BCUT2D eigenvalue weighted by atomic mass is 19.1. The van der Waals surface area contributed by atoms with Crippen molar-refractivity contribution in [2.45, 2.75) is 25.7 Å². The largest absolute Gasteiger partial charge is 0.469 e. The molecule has 5 heteroatoms. The second-order valence-corrected chi connectivity index (χ2v) is 5.31. The number of nitrogens with two attached hydrogens (primary N) is 1. The monoisotopic (exact) mass is 266 g/mol. The van der Waals surface area contributed by atoms with Gasteiger partial charge in [0.15, 0.2) is 0 Å². The van der Waals surface area contributed by atoms with Crippen molar-refractivity contribution in [1.82, 2.24) is 4.98 Å². The molecule has 19 heavy (non-hydrogen) atoms. The molecule has 1 aromatic heterocycles. The molecule has 104 valence electrons. The van der Waals surface area contributed by atoms with Crippen LogP contribution in [0.15, 0.2) is 18.5 Å². The molecule has 1 heterocycles. The van der Waals surface area contributed by atoms with E-state index in [4.69, 9.17) is 10.5 Å². The number of nitrogens with zero attached hydrogens (tertiary/aromatic N) is 1. The third-order valence-corrected chi connectivity index (χ3v) is 3.69. The predicted molar refractivity (Wildman–Crippen MR) is 68.7 cm³/mol. The highest BCUT2D eigenvalue weighted by molar-refractivity contribution is 5.77. The van der Waals surface area contributed by atoms with Gasteiger partial charge in [0, 0.05) is 12.7 Å². The van der Waals surface area contributed by atoms with E-state index in [9.17, 15) is 9.18 Å². The van der Waals surface area contributed by atoms with Gasteiger partial charge in [0.2, 0.25) is 0 Å². The molecule has 2 rings (SSSR count). The molecular formula is C14H19FN2O2. The first kappa shape index (κ1) is 13.9. The number of halogens is 1. The van der Waals surface area contributed by atoms with Crippen LogP contribution in [0.2, 0.25) is 0 Å². The fourth-order valence-electron chi connectivity index (χ4n) is 2.50. The van der Waals surface area contributed by atoms with Crippen molar-refractivity contribution in [1.29, 1.82) is 0 Å². The van der Waals surface area contributed by atoms with Gasteiger partial charge in [-0.15, -0.1) is 0 Å². The van der Waals surface area contributed by atoms with Crippen LogP contribution in [0.5, 0.6) is 0 Å². The summed E-state index contributed by atoms with van der Waals surface area (Å²) in [7, 11) is 1.36. The Morgan fingerprint density at radius 1 is 1.58 bits per heavy atom. The van der Waals surface area contributed by atoms with Crippen LogP contribution in [0.25, 0.3) is 0 Å². The Hall–Kier alpha value is -1.49. The summed E-state index contributed by atoms with van der Waals surface area (Å²) in [5.41, 5.74) is 5.75. The van der Waals surface area contributed by atoms with Crippen LogP contribution in [0.4, 0.5) is 4.39 Å². The highest BCUT2D eigenvalue weighted by Crippen LogP contribution is 2.42. The van der Waals surface area contributed by atoms with Crippen LogP contribution in [0.1, 0.15) is 24.8 Å². The van der Waals surface area contributed by atoms with Crippen molar-refractivity contribution >= 4 is 5.97 Å². The van der Waals surface area contributed by atoms with E-state index in [2.05, 4.69) is 4.98 Å². The molecule has 0 aliphatic heterocycles.